The van der Waals surface area contributed by atoms with Crippen molar-refractivity contribution >= 4 is 11.8 Å². The highest BCUT2D eigenvalue weighted by Gasteiger charge is 2.52. The van der Waals surface area contributed by atoms with Crippen LogP contribution in [0.15, 0.2) is 0 Å². The first-order valence-corrected chi connectivity index (χ1v) is 17.2. The molecule has 0 bridgehead atoms. The van der Waals surface area contributed by atoms with Crippen LogP contribution in [-0.2, 0) is 28.5 Å². The fourth-order valence-corrected chi connectivity index (χ4v) is 8.11. The second-order valence-corrected chi connectivity index (χ2v) is 16.0. The minimum Gasteiger partial charge on any atom is -0.463 e. The summed E-state index contributed by atoms with van der Waals surface area (Å²) in [7, 11) is 7.64. The third-order valence-corrected chi connectivity index (χ3v) is 11.5. The number of nitrogens with zero attached hydrogens (tertiary/aromatic N) is 3. The number of ether oxygens (including phenoxy) is 4. The zero-order valence-electron chi connectivity index (χ0n) is 30.6. The first-order valence-electron chi connectivity index (χ1n) is 17.2. The molecule has 3 aliphatic rings. The van der Waals surface area contributed by atoms with E-state index in [-0.39, 0.29) is 30.5 Å². The molecule has 10 heteroatoms. The normalized spacial score (nSPS) is 40.6. The number of hydrogen-bond donors (Lipinski definition) is 1. The summed E-state index contributed by atoms with van der Waals surface area (Å²) in [6, 6.07) is 0.333. The standard InChI is InChI=1S/C35H65N3O7/c1-22(2)38-16-14-26(15-17-38)34(8)21-43-32(41)33(6,7)29(40)25(5)30(35(9,42-13)19-23(3)20-37(34)12)45-31-28(39)27(36(10)11)18-24(4)44-31/h22-28,30-31,39H,14-21H2,1-13H3/t23-,24-,25+,27+,28-,30-,31+,34+,35-/m1/s1. The van der Waals surface area contributed by atoms with E-state index in [4.69, 9.17) is 18.9 Å². The lowest BCUT2D eigenvalue weighted by atomic mass is 9.74. The SMILES string of the molecule is CO[C@]1(C)C[C@@H](C)CN(C)[C@](C)(C2CCN(C(C)C)CC2)COC(=O)C(C)(C)C(=O)[C@H](C)[C@H]1O[C@@H]1O[C@H](C)C[C@H](N(C)C)[C@H]1O. The predicted octanol–water partition coefficient (Wildman–Crippen LogP) is 3.83. The minimum atomic E-state index is -1.42. The molecule has 0 aromatic heterocycles. The third-order valence-electron chi connectivity index (χ3n) is 11.5. The molecule has 0 aromatic carbocycles. The first-order chi connectivity index (χ1) is 20.8. The van der Waals surface area contributed by atoms with Crippen LogP contribution in [0.4, 0.5) is 0 Å². The van der Waals surface area contributed by atoms with Crippen molar-refractivity contribution in [3.05, 3.63) is 0 Å². The number of Topliss-reactive ketones (excluding diaryl/α,β-unsaturated/α-hetero) is 1. The molecular formula is C35H65N3O7. The average molecular weight is 640 g/mol. The highest BCUT2D eigenvalue weighted by atomic mass is 16.7. The van der Waals surface area contributed by atoms with Crippen LogP contribution >= 0.6 is 0 Å². The monoisotopic (exact) mass is 639 g/mol. The second-order valence-electron chi connectivity index (χ2n) is 16.0. The van der Waals surface area contributed by atoms with Crippen molar-refractivity contribution in [3.63, 3.8) is 0 Å². The fraction of sp³-hybridized carbons (Fsp3) is 0.943. The quantitative estimate of drug-likeness (QED) is 0.341. The lowest BCUT2D eigenvalue weighted by Gasteiger charge is -2.49. The van der Waals surface area contributed by atoms with E-state index in [1.807, 2.05) is 32.8 Å². The van der Waals surface area contributed by atoms with Gasteiger partial charge in [0.15, 0.2) is 12.1 Å². The van der Waals surface area contributed by atoms with Gasteiger partial charge in [-0.25, -0.2) is 0 Å². The number of likely N-dealkylation sites (N-methyl/N-ethyl adjacent to an activating group) is 2. The van der Waals surface area contributed by atoms with Crippen LogP contribution in [0.25, 0.3) is 0 Å². The van der Waals surface area contributed by atoms with Crippen molar-refractivity contribution in [2.75, 3.05) is 54.5 Å². The highest BCUT2D eigenvalue weighted by molar-refractivity contribution is 6.04. The Morgan fingerprint density at radius 2 is 1.64 bits per heavy atom. The Morgan fingerprint density at radius 3 is 2.18 bits per heavy atom. The molecule has 3 heterocycles. The van der Waals surface area contributed by atoms with Crippen LogP contribution < -0.4 is 0 Å². The summed E-state index contributed by atoms with van der Waals surface area (Å²) in [4.78, 5) is 35.0. The molecule has 1 N–H and O–H groups in total. The van der Waals surface area contributed by atoms with Crippen LogP contribution in [0, 0.1) is 23.2 Å². The number of esters is 1. The van der Waals surface area contributed by atoms with Gasteiger partial charge in [-0.3, -0.25) is 14.5 Å². The molecule has 0 spiro atoms. The molecule has 0 radical (unpaired) electrons. The summed E-state index contributed by atoms with van der Waals surface area (Å²) in [6.07, 6.45) is 0.473. The molecule has 9 atom stereocenters. The maximum absolute atomic E-state index is 14.3. The summed E-state index contributed by atoms with van der Waals surface area (Å²) in [5.74, 6) is -1.07. The summed E-state index contributed by atoms with van der Waals surface area (Å²) in [5.41, 5.74) is -2.73. The van der Waals surface area contributed by atoms with Crippen molar-refractivity contribution < 1.29 is 33.6 Å². The van der Waals surface area contributed by atoms with Gasteiger partial charge in [-0.2, -0.15) is 0 Å². The molecule has 0 amide bonds. The number of piperidine rings is 1. The number of methoxy groups -OCH3 is 1. The number of likely N-dealkylation sites (tertiary alicyclic amines) is 1. The smallest absolute Gasteiger partial charge is 0.319 e. The summed E-state index contributed by atoms with van der Waals surface area (Å²) >= 11 is 0. The topological polar surface area (TPSA) is 101 Å². The van der Waals surface area contributed by atoms with E-state index < -0.39 is 46.9 Å². The van der Waals surface area contributed by atoms with Crippen molar-refractivity contribution in [1.82, 2.24) is 14.7 Å². The Bertz CT molecular complexity index is 1000. The Kier molecular flexibility index (Phi) is 12.7. The molecule has 0 aliphatic carbocycles. The second kappa shape index (κ2) is 15.0. The van der Waals surface area contributed by atoms with E-state index in [2.05, 4.69) is 44.5 Å². The van der Waals surface area contributed by atoms with E-state index in [1.54, 1.807) is 27.9 Å². The Hall–Kier alpha value is -1.14. The van der Waals surface area contributed by atoms with Gasteiger partial charge in [0, 0.05) is 31.7 Å². The van der Waals surface area contributed by atoms with E-state index in [0.717, 1.165) is 32.5 Å². The molecule has 3 fully saturated rings. The van der Waals surface area contributed by atoms with Gasteiger partial charge >= 0.3 is 5.97 Å². The molecule has 0 saturated carbocycles. The molecule has 0 aromatic rings. The largest absolute Gasteiger partial charge is 0.463 e. The molecule has 0 unspecified atom stereocenters. The average Bonchev–Trinajstić information content (AvgIpc) is 2.98. The molecule has 262 valence electrons. The molecule has 10 nitrogen and oxygen atoms in total. The van der Waals surface area contributed by atoms with E-state index in [9.17, 15) is 14.7 Å². The summed E-state index contributed by atoms with van der Waals surface area (Å²) in [6.45, 7) is 20.9. The summed E-state index contributed by atoms with van der Waals surface area (Å²) < 4.78 is 25.2. The van der Waals surface area contributed by atoms with Crippen molar-refractivity contribution in [2.24, 2.45) is 23.2 Å². The third kappa shape index (κ3) is 8.30. The number of aliphatic hydroxyl groups is 1. The van der Waals surface area contributed by atoms with Gasteiger partial charge < -0.3 is 33.9 Å². The number of hydrogen-bond acceptors (Lipinski definition) is 10. The van der Waals surface area contributed by atoms with Crippen molar-refractivity contribution in [1.29, 1.82) is 0 Å². The zero-order valence-corrected chi connectivity index (χ0v) is 30.6. The maximum Gasteiger partial charge on any atom is 0.319 e. The van der Waals surface area contributed by atoms with Crippen LogP contribution in [0.5, 0.6) is 0 Å². The van der Waals surface area contributed by atoms with Gasteiger partial charge in [-0.15, -0.1) is 0 Å². The molecule has 3 saturated heterocycles. The number of carbonyl (C=O) groups is 2. The number of rotatable bonds is 6. The number of carbonyl (C=O) groups excluding carboxylic acids is 2. The lowest BCUT2D eigenvalue weighted by Crippen LogP contribution is -2.59. The van der Waals surface area contributed by atoms with Gasteiger partial charge in [-0.05, 0) is 120 Å². The van der Waals surface area contributed by atoms with Crippen LogP contribution in [-0.4, -0.2) is 134 Å². The van der Waals surface area contributed by atoms with Crippen LogP contribution in [0.2, 0.25) is 0 Å². The molecule has 45 heavy (non-hydrogen) atoms. The highest BCUT2D eigenvalue weighted by Crippen LogP contribution is 2.40. The van der Waals surface area contributed by atoms with Gasteiger partial charge in [0.1, 0.15) is 18.1 Å². The Balaban J connectivity index is 2.00. The fourth-order valence-electron chi connectivity index (χ4n) is 8.11. The minimum absolute atomic E-state index is 0.149. The van der Waals surface area contributed by atoms with Gasteiger partial charge in [-0.1, -0.05) is 13.8 Å². The van der Waals surface area contributed by atoms with E-state index in [0.29, 0.717) is 24.8 Å². The first kappa shape index (κ1) is 38.3. The van der Waals surface area contributed by atoms with E-state index >= 15 is 0 Å². The van der Waals surface area contributed by atoms with Crippen molar-refractivity contribution in [3.8, 4) is 0 Å². The maximum atomic E-state index is 14.3. The Morgan fingerprint density at radius 1 is 1.04 bits per heavy atom. The van der Waals surface area contributed by atoms with Crippen molar-refractivity contribution in [2.45, 2.75) is 136 Å². The van der Waals surface area contributed by atoms with Gasteiger partial charge in [0.2, 0.25) is 0 Å². The molecule has 3 rings (SSSR count). The number of aliphatic hydroxyl groups excluding tert-OH is 1. The zero-order chi connectivity index (χ0) is 34.1. The Labute approximate surface area is 273 Å². The lowest BCUT2D eigenvalue weighted by molar-refractivity contribution is -0.295. The molecule has 3 aliphatic heterocycles. The number of ketones is 1. The van der Waals surface area contributed by atoms with Gasteiger partial charge in [0.25, 0.3) is 0 Å². The van der Waals surface area contributed by atoms with Crippen LogP contribution in [0.1, 0.15) is 88.0 Å². The van der Waals surface area contributed by atoms with Crippen LogP contribution in [0.3, 0.4) is 0 Å². The summed E-state index contributed by atoms with van der Waals surface area (Å²) in [5, 5.41) is 11.3. The molecular weight excluding hydrogens is 574 g/mol. The van der Waals surface area contributed by atoms with Gasteiger partial charge in [0.05, 0.1) is 23.3 Å². The number of cyclic esters (lactones) is 1. The predicted molar refractivity (Wildman–Crippen MR) is 176 cm³/mol. The van der Waals surface area contributed by atoms with E-state index in [1.165, 1.54) is 0 Å².